The normalized spacial score (nSPS) is 21.7. The molecule has 1 saturated heterocycles. The predicted molar refractivity (Wildman–Crippen MR) is 72.9 cm³/mol. The zero-order valence-corrected chi connectivity index (χ0v) is 11.7. The van der Waals surface area contributed by atoms with E-state index in [-0.39, 0.29) is 6.09 Å². The van der Waals surface area contributed by atoms with Crippen LogP contribution in [-0.2, 0) is 4.74 Å². The number of nitrogens with zero attached hydrogens (tertiary/aromatic N) is 1. The molecular formula is C13H20N2O2S. The molecule has 2 heterocycles. The number of hydrogen-bond donors (Lipinski definition) is 1. The molecule has 0 saturated carbocycles. The molecule has 1 aliphatic rings. The van der Waals surface area contributed by atoms with Crippen molar-refractivity contribution in [3.05, 3.63) is 22.4 Å². The second-order valence-electron chi connectivity index (χ2n) is 4.66. The third-order valence-electron chi connectivity index (χ3n) is 3.31. The number of nitrogens with one attached hydrogen (secondary N) is 1. The van der Waals surface area contributed by atoms with Crippen molar-refractivity contribution in [1.82, 2.24) is 10.2 Å². The van der Waals surface area contributed by atoms with E-state index in [1.165, 1.54) is 12.0 Å². The zero-order valence-electron chi connectivity index (χ0n) is 10.9. The lowest BCUT2D eigenvalue weighted by Gasteiger charge is -2.33. The summed E-state index contributed by atoms with van der Waals surface area (Å²) >= 11 is 1.76. The minimum Gasteiger partial charge on any atom is -0.453 e. The van der Waals surface area contributed by atoms with E-state index in [2.05, 4.69) is 29.8 Å². The van der Waals surface area contributed by atoms with Gasteiger partial charge in [-0.3, -0.25) is 0 Å². The standard InChI is InChI=1S/C13H20N2O2S/c1-10(12-6-4-8-18-12)14-11-5-3-7-15(9-11)13(16)17-2/h4,6,8,10-11,14H,3,5,7,9H2,1-2H3/t10-,11-/m0/s1. The van der Waals surface area contributed by atoms with E-state index >= 15 is 0 Å². The number of carbonyl (C=O) groups is 1. The molecule has 1 aliphatic heterocycles. The van der Waals surface area contributed by atoms with Crippen LogP contribution >= 0.6 is 11.3 Å². The topological polar surface area (TPSA) is 41.6 Å². The summed E-state index contributed by atoms with van der Waals surface area (Å²) in [6.07, 6.45) is 1.93. The Balaban J connectivity index is 1.88. The van der Waals surface area contributed by atoms with Gasteiger partial charge in [0.05, 0.1) is 7.11 Å². The van der Waals surface area contributed by atoms with Crippen molar-refractivity contribution in [2.45, 2.75) is 31.8 Å². The van der Waals surface area contributed by atoms with E-state index < -0.39 is 0 Å². The highest BCUT2D eigenvalue weighted by molar-refractivity contribution is 7.10. The number of carbonyl (C=O) groups excluding carboxylic acids is 1. The second-order valence-corrected chi connectivity index (χ2v) is 5.64. The Kier molecular flexibility index (Phi) is 4.60. The fourth-order valence-electron chi connectivity index (χ4n) is 2.38. The molecule has 0 radical (unpaired) electrons. The second kappa shape index (κ2) is 6.20. The highest BCUT2D eigenvalue weighted by Gasteiger charge is 2.25. The summed E-state index contributed by atoms with van der Waals surface area (Å²) in [6, 6.07) is 4.91. The number of thiophene rings is 1. The molecular weight excluding hydrogens is 248 g/mol. The largest absolute Gasteiger partial charge is 0.453 e. The first kappa shape index (κ1) is 13.4. The van der Waals surface area contributed by atoms with Gasteiger partial charge in [-0.25, -0.2) is 4.79 Å². The molecule has 1 fully saturated rings. The number of ether oxygens (including phenoxy) is 1. The maximum absolute atomic E-state index is 11.5. The highest BCUT2D eigenvalue weighted by atomic mass is 32.1. The van der Waals surface area contributed by atoms with Crippen LogP contribution in [0.5, 0.6) is 0 Å². The molecule has 18 heavy (non-hydrogen) atoms. The fraction of sp³-hybridized carbons (Fsp3) is 0.615. The number of rotatable bonds is 3. The van der Waals surface area contributed by atoms with Gasteiger partial charge in [-0.2, -0.15) is 0 Å². The minimum absolute atomic E-state index is 0.217. The number of piperidine rings is 1. The van der Waals surface area contributed by atoms with E-state index in [0.29, 0.717) is 12.1 Å². The zero-order chi connectivity index (χ0) is 13.0. The van der Waals surface area contributed by atoms with Gasteiger partial charge in [0, 0.05) is 30.1 Å². The van der Waals surface area contributed by atoms with Crippen LogP contribution in [0.15, 0.2) is 17.5 Å². The summed E-state index contributed by atoms with van der Waals surface area (Å²) in [5.74, 6) is 0. The molecule has 2 rings (SSSR count). The fourth-order valence-corrected chi connectivity index (χ4v) is 3.13. The van der Waals surface area contributed by atoms with Crippen LogP contribution in [0.3, 0.4) is 0 Å². The van der Waals surface area contributed by atoms with E-state index in [4.69, 9.17) is 4.74 Å². The number of amides is 1. The maximum atomic E-state index is 11.5. The van der Waals surface area contributed by atoms with Gasteiger partial charge in [0.25, 0.3) is 0 Å². The van der Waals surface area contributed by atoms with E-state index in [1.807, 2.05) is 0 Å². The maximum Gasteiger partial charge on any atom is 0.409 e. The van der Waals surface area contributed by atoms with E-state index in [9.17, 15) is 4.79 Å². The summed E-state index contributed by atoms with van der Waals surface area (Å²) in [5.41, 5.74) is 0. The van der Waals surface area contributed by atoms with Crippen LogP contribution in [0.4, 0.5) is 4.79 Å². The van der Waals surface area contributed by atoms with Crippen LogP contribution in [-0.4, -0.2) is 37.2 Å². The molecule has 5 heteroatoms. The van der Waals surface area contributed by atoms with Crippen molar-refractivity contribution in [1.29, 1.82) is 0 Å². The molecule has 1 N–H and O–H groups in total. The minimum atomic E-state index is -0.217. The number of likely N-dealkylation sites (tertiary alicyclic amines) is 1. The molecule has 1 aromatic heterocycles. The Hall–Kier alpha value is -1.07. The van der Waals surface area contributed by atoms with Crippen LogP contribution in [0, 0.1) is 0 Å². The monoisotopic (exact) mass is 268 g/mol. The van der Waals surface area contributed by atoms with Crippen LogP contribution < -0.4 is 5.32 Å². The van der Waals surface area contributed by atoms with Gasteiger partial charge >= 0.3 is 6.09 Å². The smallest absolute Gasteiger partial charge is 0.409 e. The Labute approximate surface area is 112 Å². The Morgan fingerprint density at radius 2 is 2.50 bits per heavy atom. The first-order valence-electron chi connectivity index (χ1n) is 6.33. The summed E-state index contributed by atoms with van der Waals surface area (Å²) in [4.78, 5) is 14.6. The molecule has 2 atom stereocenters. The summed E-state index contributed by atoms with van der Waals surface area (Å²) < 4.78 is 4.78. The van der Waals surface area contributed by atoms with Gasteiger partial charge in [-0.05, 0) is 31.2 Å². The van der Waals surface area contributed by atoms with Gasteiger partial charge in [0.1, 0.15) is 0 Å². The number of hydrogen-bond acceptors (Lipinski definition) is 4. The average Bonchev–Trinajstić information content (AvgIpc) is 2.92. The van der Waals surface area contributed by atoms with Crippen molar-refractivity contribution in [2.75, 3.05) is 20.2 Å². The van der Waals surface area contributed by atoms with E-state index in [0.717, 1.165) is 25.9 Å². The Bertz CT molecular complexity index is 380. The summed E-state index contributed by atoms with van der Waals surface area (Å²) in [6.45, 7) is 3.71. The van der Waals surface area contributed by atoms with Gasteiger partial charge in [-0.15, -0.1) is 11.3 Å². The molecule has 100 valence electrons. The van der Waals surface area contributed by atoms with Crippen molar-refractivity contribution >= 4 is 17.4 Å². The lowest BCUT2D eigenvalue weighted by atomic mass is 10.0. The first-order valence-corrected chi connectivity index (χ1v) is 7.21. The molecule has 0 spiro atoms. The SMILES string of the molecule is COC(=O)N1CCC[C@H](N[C@@H](C)c2cccs2)C1. The summed E-state index contributed by atoms with van der Waals surface area (Å²) in [7, 11) is 1.44. The van der Waals surface area contributed by atoms with Crippen molar-refractivity contribution in [3.63, 3.8) is 0 Å². The van der Waals surface area contributed by atoms with Crippen molar-refractivity contribution in [2.24, 2.45) is 0 Å². The van der Waals surface area contributed by atoms with Crippen molar-refractivity contribution < 1.29 is 9.53 Å². The number of methoxy groups -OCH3 is 1. The third-order valence-corrected chi connectivity index (χ3v) is 4.36. The quantitative estimate of drug-likeness (QED) is 0.916. The van der Waals surface area contributed by atoms with E-state index in [1.54, 1.807) is 16.2 Å². The predicted octanol–water partition coefficient (Wildman–Crippen LogP) is 2.63. The van der Waals surface area contributed by atoms with Gasteiger partial charge in [0.2, 0.25) is 0 Å². The third kappa shape index (κ3) is 3.23. The van der Waals surface area contributed by atoms with Crippen LogP contribution in [0.25, 0.3) is 0 Å². The Morgan fingerprint density at radius 3 is 3.17 bits per heavy atom. The molecule has 4 nitrogen and oxygen atoms in total. The summed E-state index contributed by atoms with van der Waals surface area (Å²) in [5, 5.41) is 5.68. The highest BCUT2D eigenvalue weighted by Crippen LogP contribution is 2.21. The lowest BCUT2D eigenvalue weighted by molar-refractivity contribution is 0.106. The molecule has 0 aromatic carbocycles. The van der Waals surface area contributed by atoms with Gasteiger partial charge in [-0.1, -0.05) is 6.07 Å². The van der Waals surface area contributed by atoms with Gasteiger partial charge in [0.15, 0.2) is 0 Å². The van der Waals surface area contributed by atoms with Gasteiger partial charge < -0.3 is 15.0 Å². The lowest BCUT2D eigenvalue weighted by Crippen LogP contribution is -2.48. The van der Waals surface area contributed by atoms with Crippen LogP contribution in [0.2, 0.25) is 0 Å². The average molecular weight is 268 g/mol. The molecule has 0 unspecified atom stereocenters. The van der Waals surface area contributed by atoms with Crippen molar-refractivity contribution in [3.8, 4) is 0 Å². The Morgan fingerprint density at radius 1 is 1.67 bits per heavy atom. The molecule has 1 aromatic rings. The first-order chi connectivity index (χ1) is 8.70. The molecule has 1 amide bonds. The molecule has 0 aliphatic carbocycles. The molecule has 0 bridgehead atoms. The van der Waals surface area contributed by atoms with Crippen LogP contribution in [0.1, 0.15) is 30.7 Å².